The van der Waals surface area contributed by atoms with Gasteiger partial charge in [0, 0.05) is 31.0 Å². The number of non-ortho nitro benzene ring substituents is 1. The highest BCUT2D eigenvalue weighted by molar-refractivity contribution is 6.04. The van der Waals surface area contributed by atoms with Crippen molar-refractivity contribution < 1.29 is 19.3 Å². The first kappa shape index (κ1) is 16.5. The smallest absolute Gasteiger partial charge is 0.319 e. The molecule has 0 atom stereocenters. The predicted octanol–water partition coefficient (Wildman–Crippen LogP) is 3.29. The molecule has 0 spiro atoms. The number of Topliss-reactive ketones (excluding diaryl/α,β-unsaturated/α-hetero) is 1. The molecule has 7 nitrogen and oxygen atoms in total. The van der Waals surface area contributed by atoms with Crippen LogP contribution in [-0.4, -0.2) is 22.9 Å². The molecule has 0 saturated heterocycles. The summed E-state index contributed by atoms with van der Waals surface area (Å²) in [4.78, 5) is 37.8. The maximum atomic E-state index is 12.2. The Morgan fingerprint density at radius 1 is 1.20 bits per heavy atom. The highest BCUT2D eigenvalue weighted by Crippen LogP contribution is 2.39. The van der Waals surface area contributed by atoms with Gasteiger partial charge in [-0.05, 0) is 34.7 Å². The fourth-order valence-corrected chi connectivity index (χ4v) is 2.79. The molecule has 0 fully saturated rings. The van der Waals surface area contributed by atoms with Crippen LogP contribution >= 0.6 is 0 Å². The maximum absolute atomic E-state index is 12.2. The quantitative estimate of drug-likeness (QED) is 0.234. The van der Waals surface area contributed by atoms with E-state index in [1.54, 1.807) is 18.2 Å². The van der Waals surface area contributed by atoms with E-state index in [0.717, 1.165) is 22.3 Å². The van der Waals surface area contributed by atoms with Crippen molar-refractivity contribution in [3.63, 3.8) is 0 Å². The molecule has 1 aliphatic rings. The van der Waals surface area contributed by atoms with Crippen LogP contribution in [-0.2, 0) is 16.1 Å². The molecule has 7 heteroatoms. The highest BCUT2D eigenvalue weighted by atomic mass is 16.7. The molecular weight excluding hydrogens is 324 g/mol. The monoisotopic (exact) mass is 338 g/mol. The topological polar surface area (TPSA) is 98.9 Å². The fourth-order valence-electron chi connectivity index (χ4n) is 2.79. The van der Waals surface area contributed by atoms with Crippen molar-refractivity contribution >= 4 is 23.7 Å². The van der Waals surface area contributed by atoms with Crippen molar-refractivity contribution in [1.29, 1.82) is 0 Å². The first-order valence-corrected chi connectivity index (χ1v) is 7.59. The Morgan fingerprint density at radius 2 is 1.88 bits per heavy atom. The number of hydrogen-bond acceptors (Lipinski definition) is 6. The zero-order valence-electron chi connectivity index (χ0n) is 13.4. The van der Waals surface area contributed by atoms with Crippen LogP contribution in [0.1, 0.15) is 34.8 Å². The number of nitrogens with zero attached hydrogens (tertiary/aromatic N) is 2. The Kier molecular flexibility index (Phi) is 4.38. The lowest BCUT2D eigenvalue weighted by molar-refractivity contribution is -0.384. The van der Waals surface area contributed by atoms with Gasteiger partial charge in [0.05, 0.1) is 11.1 Å². The third-order valence-electron chi connectivity index (χ3n) is 3.94. The number of oxime groups is 1. The van der Waals surface area contributed by atoms with Crippen LogP contribution < -0.4 is 0 Å². The largest absolute Gasteiger partial charge is 0.331 e. The van der Waals surface area contributed by atoms with E-state index in [9.17, 15) is 19.7 Å². The number of hydrogen-bond donors (Lipinski definition) is 0. The summed E-state index contributed by atoms with van der Waals surface area (Å²) in [6.45, 7) is 1.22. The summed E-state index contributed by atoms with van der Waals surface area (Å²) in [6, 6.07) is 10.1. The van der Waals surface area contributed by atoms with E-state index >= 15 is 0 Å². The van der Waals surface area contributed by atoms with Crippen LogP contribution in [0, 0.1) is 10.1 Å². The summed E-state index contributed by atoms with van der Waals surface area (Å²) >= 11 is 0. The summed E-state index contributed by atoms with van der Waals surface area (Å²) in [5, 5.41) is 14.4. The van der Waals surface area contributed by atoms with E-state index in [1.807, 2.05) is 6.07 Å². The minimum atomic E-state index is -0.556. The van der Waals surface area contributed by atoms with Gasteiger partial charge < -0.3 is 4.84 Å². The Balaban J connectivity index is 1.86. The Hall–Kier alpha value is -3.35. The maximum Gasteiger partial charge on any atom is 0.331 e. The molecule has 0 aromatic heterocycles. The second kappa shape index (κ2) is 6.64. The first-order valence-electron chi connectivity index (χ1n) is 7.59. The van der Waals surface area contributed by atoms with Crippen LogP contribution in [0.3, 0.4) is 0 Å². The van der Waals surface area contributed by atoms with Gasteiger partial charge in [0.1, 0.15) is 0 Å². The van der Waals surface area contributed by atoms with E-state index in [1.165, 1.54) is 25.3 Å². The Labute approximate surface area is 143 Å². The summed E-state index contributed by atoms with van der Waals surface area (Å²) in [5.74, 6) is -0.739. The number of rotatable bonds is 5. The van der Waals surface area contributed by atoms with E-state index in [0.29, 0.717) is 12.0 Å². The molecule has 126 valence electrons. The van der Waals surface area contributed by atoms with E-state index < -0.39 is 10.9 Å². The van der Waals surface area contributed by atoms with E-state index in [2.05, 4.69) is 9.99 Å². The second-order valence-electron chi connectivity index (χ2n) is 5.65. The van der Waals surface area contributed by atoms with Gasteiger partial charge in [-0.25, -0.2) is 4.79 Å². The average Bonchev–Trinajstić information content (AvgIpc) is 2.95. The molecule has 0 amide bonds. The third-order valence-corrected chi connectivity index (χ3v) is 3.94. The van der Waals surface area contributed by atoms with Crippen LogP contribution in [0.25, 0.3) is 11.1 Å². The van der Waals surface area contributed by atoms with Gasteiger partial charge in [-0.15, -0.1) is 0 Å². The number of nitro groups is 1. The number of fused-ring (bicyclic) bond motifs is 3. The number of nitro benzene ring substituents is 1. The molecule has 0 heterocycles. The molecule has 1 aliphatic carbocycles. The summed E-state index contributed by atoms with van der Waals surface area (Å²) in [7, 11) is 0. The molecule has 25 heavy (non-hydrogen) atoms. The molecule has 0 bridgehead atoms. The van der Waals surface area contributed by atoms with Crippen molar-refractivity contribution in [2.45, 2.75) is 19.8 Å². The predicted molar refractivity (Wildman–Crippen MR) is 90.5 cm³/mol. The van der Waals surface area contributed by atoms with Crippen LogP contribution in [0.5, 0.6) is 0 Å². The molecule has 2 aromatic carbocycles. The van der Waals surface area contributed by atoms with Gasteiger partial charge in [-0.2, -0.15) is 0 Å². The van der Waals surface area contributed by atoms with Gasteiger partial charge in [0.2, 0.25) is 0 Å². The summed E-state index contributed by atoms with van der Waals surface area (Å²) in [6.07, 6.45) is 1.91. The summed E-state index contributed by atoms with van der Waals surface area (Å²) in [5.41, 5.74) is 4.15. The first-order chi connectivity index (χ1) is 12.0. The SMILES string of the molecule is CC(=O)ON=CCC(=O)c1ccc2c(c1)-c1cc([N+](=O)[O-])ccc1C2. The highest BCUT2D eigenvalue weighted by Gasteiger charge is 2.22. The van der Waals surface area contributed by atoms with Gasteiger partial charge in [0.15, 0.2) is 5.78 Å². The van der Waals surface area contributed by atoms with Crippen molar-refractivity contribution in [3.05, 3.63) is 63.2 Å². The van der Waals surface area contributed by atoms with Crippen molar-refractivity contribution in [2.24, 2.45) is 5.16 Å². The minimum absolute atomic E-state index is 0.00609. The lowest BCUT2D eigenvalue weighted by Gasteiger charge is -2.04. The van der Waals surface area contributed by atoms with Gasteiger partial charge >= 0.3 is 5.97 Å². The lowest BCUT2D eigenvalue weighted by Crippen LogP contribution is -2.01. The number of carbonyl (C=O) groups excluding carboxylic acids is 2. The zero-order valence-corrected chi connectivity index (χ0v) is 13.4. The molecule has 0 aliphatic heterocycles. The average molecular weight is 338 g/mol. The fraction of sp³-hybridized carbons (Fsp3) is 0.167. The van der Waals surface area contributed by atoms with Crippen molar-refractivity contribution in [3.8, 4) is 11.1 Å². The van der Waals surface area contributed by atoms with E-state index in [4.69, 9.17) is 0 Å². The number of carbonyl (C=O) groups is 2. The third kappa shape index (κ3) is 3.45. The van der Waals surface area contributed by atoms with Gasteiger partial charge in [-0.1, -0.05) is 23.4 Å². The van der Waals surface area contributed by atoms with Crippen molar-refractivity contribution in [2.75, 3.05) is 0 Å². The zero-order chi connectivity index (χ0) is 18.0. The van der Waals surface area contributed by atoms with Crippen molar-refractivity contribution in [1.82, 2.24) is 0 Å². The van der Waals surface area contributed by atoms with Crippen LogP contribution in [0.4, 0.5) is 5.69 Å². The standard InChI is InChI=1S/C18H14N2O5/c1-11(21)25-19-7-6-18(22)14-3-2-12-8-13-4-5-15(20(23)24)10-17(13)16(12)9-14/h2-5,7,9-10H,6,8H2,1H3. The molecular formula is C18H14N2O5. The normalized spacial score (nSPS) is 11.9. The molecule has 0 radical (unpaired) electrons. The minimum Gasteiger partial charge on any atom is -0.319 e. The second-order valence-corrected chi connectivity index (χ2v) is 5.65. The Bertz CT molecular complexity index is 918. The lowest BCUT2D eigenvalue weighted by atomic mass is 10.00. The van der Waals surface area contributed by atoms with Gasteiger partial charge in [0.25, 0.3) is 5.69 Å². The Morgan fingerprint density at radius 3 is 2.56 bits per heavy atom. The molecule has 0 saturated carbocycles. The molecule has 0 unspecified atom stereocenters. The van der Waals surface area contributed by atoms with E-state index in [-0.39, 0.29) is 17.9 Å². The summed E-state index contributed by atoms with van der Waals surface area (Å²) < 4.78 is 0. The molecule has 0 N–H and O–H groups in total. The van der Waals surface area contributed by atoms with Gasteiger partial charge in [-0.3, -0.25) is 14.9 Å². The van der Waals surface area contributed by atoms with Crippen LogP contribution in [0.2, 0.25) is 0 Å². The number of benzene rings is 2. The number of ketones is 1. The molecule has 3 rings (SSSR count). The van der Waals surface area contributed by atoms with Crippen LogP contribution in [0.15, 0.2) is 41.6 Å². The molecule has 2 aromatic rings.